The minimum Gasteiger partial charge on any atom is -0.225 e. The van der Waals surface area contributed by atoms with Gasteiger partial charge in [0.15, 0.2) is 0 Å². The van der Waals surface area contributed by atoms with Gasteiger partial charge in [-0.2, -0.15) is 0 Å². The molecule has 0 saturated carbocycles. The van der Waals surface area contributed by atoms with Gasteiger partial charge in [-0.15, -0.1) is 0 Å². The molecular formula is C11H8ClF2N3O2S. The molecule has 106 valence electrons. The van der Waals surface area contributed by atoms with Gasteiger partial charge >= 0.3 is 0 Å². The number of aromatic nitrogens is 2. The first-order valence-corrected chi connectivity index (χ1v) is 7.16. The Morgan fingerprint density at radius 3 is 2.50 bits per heavy atom. The van der Waals surface area contributed by atoms with Crippen molar-refractivity contribution in [3.63, 3.8) is 0 Å². The molecule has 0 aliphatic rings. The van der Waals surface area contributed by atoms with Crippen molar-refractivity contribution < 1.29 is 17.2 Å². The quantitative estimate of drug-likeness (QED) is 0.874. The maximum absolute atomic E-state index is 13.4. The molecule has 0 aliphatic heterocycles. The number of benzene rings is 1. The molecule has 0 fully saturated rings. The minimum absolute atomic E-state index is 0.0971. The number of hydrogen-bond acceptors (Lipinski definition) is 4. The molecule has 0 bridgehead atoms. The molecule has 1 aromatic carbocycles. The summed E-state index contributed by atoms with van der Waals surface area (Å²) in [5.41, 5.74) is -0.108. The van der Waals surface area contributed by atoms with E-state index in [1.807, 2.05) is 0 Å². The number of nitrogens with one attached hydrogen (secondary N) is 1. The molecule has 0 saturated heterocycles. The normalized spacial score (nSPS) is 11.6. The largest absolute Gasteiger partial charge is 0.243 e. The highest BCUT2D eigenvalue weighted by atomic mass is 35.5. The molecule has 0 atom stereocenters. The van der Waals surface area contributed by atoms with Crippen LogP contribution in [0, 0.1) is 11.6 Å². The summed E-state index contributed by atoms with van der Waals surface area (Å²) in [7, 11) is -3.93. The molecule has 1 N–H and O–H groups in total. The second-order valence-electron chi connectivity index (χ2n) is 3.75. The molecule has 1 aromatic heterocycles. The van der Waals surface area contributed by atoms with E-state index in [-0.39, 0.29) is 15.7 Å². The van der Waals surface area contributed by atoms with Crippen molar-refractivity contribution in [3.8, 4) is 0 Å². The van der Waals surface area contributed by atoms with Crippen LogP contribution in [-0.2, 0) is 16.6 Å². The lowest BCUT2D eigenvalue weighted by atomic mass is 10.2. The Morgan fingerprint density at radius 1 is 1.20 bits per heavy atom. The highest BCUT2D eigenvalue weighted by molar-refractivity contribution is 7.89. The van der Waals surface area contributed by atoms with Crippen LogP contribution < -0.4 is 4.72 Å². The van der Waals surface area contributed by atoms with E-state index in [9.17, 15) is 17.2 Å². The third-order valence-corrected chi connectivity index (χ3v) is 3.92. The monoisotopic (exact) mass is 319 g/mol. The van der Waals surface area contributed by atoms with Gasteiger partial charge in [-0.1, -0.05) is 0 Å². The van der Waals surface area contributed by atoms with Crippen LogP contribution >= 0.6 is 11.6 Å². The Kier molecular flexibility index (Phi) is 4.26. The molecular weight excluding hydrogens is 312 g/mol. The molecule has 1 heterocycles. The first kappa shape index (κ1) is 14.8. The van der Waals surface area contributed by atoms with Crippen LogP contribution in [0.15, 0.2) is 35.5 Å². The molecule has 0 unspecified atom stereocenters. The third-order valence-electron chi connectivity index (χ3n) is 2.37. The van der Waals surface area contributed by atoms with Gasteiger partial charge in [0, 0.05) is 12.1 Å². The van der Waals surface area contributed by atoms with E-state index in [4.69, 9.17) is 11.6 Å². The first-order chi connectivity index (χ1) is 9.38. The summed E-state index contributed by atoms with van der Waals surface area (Å²) in [6, 6.07) is 2.78. The van der Waals surface area contributed by atoms with Crippen molar-refractivity contribution in [3.05, 3.63) is 53.1 Å². The van der Waals surface area contributed by atoms with Gasteiger partial charge in [-0.3, -0.25) is 0 Å². The fourth-order valence-electron chi connectivity index (χ4n) is 1.37. The van der Waals surface area contributed by atoms with Crippen molar-refractivity contribution in [2.45, 2.75) is 11.4 Å². The number of rotatable bonds is 4. The maximum Gasteiger partial charge on any atom is 0.243 e. The average molecular weight is 320 g/mol. The number of halogens is 3. The Labute approximate surface area is 118 Å². The fraction of sp³-hybridized carbons (Fsp3) is 0.0909. The third kappa shape index (κ3) is 3.47. The molecule has 2 aromatic rings. The Balaban J connectivity index is 2.17. The van der Waals surface area contributed by atoms with Gasteiger partial charge in [-0.25, -0.2) is 31.9 Å². The number of sulfonamides is 1. The molecule has 20 heavy (non-hydrogen) atoms. The van der Waals surface area contributed by atoms with Crippen molar-refractivity contribution in [2.24, 2.45) is 0 Å². The molecule has 2 rings (SSSR count). The summed E-state index contributed by atoms with van der Waals surface area (Å²) in [6.45, 7) is -0.394. The molecule has 9 heteroatoms. The molecule has 5 nitrogen and oxygen atoms in total. The highest BCUT2D eigenvalue weighted by Gasteiger charge is 2.16. The summed E-state index contributed by atoms with van der Waals surface area (Å²) in [5.74, 6) is -1.36. The summed E-state index contributed by atoms with van der Waals surface area (Å²) in [6.07, 6.45) is 2.03. The van der Waals surface area contributed by atoms with E-state index in [0.717, 1.165) is 30.6 Å². The number of nitrogens with zero attached hydrogens (tertiary/aromatic N) is 2. The van der Waals surface area contributed by atoms with Crippen molar-refractivity contribution in [2.75, 3.05) is 0 Å². The number of hydrogen-bond donors (Lipinski definition) is 1. The zero-order valence-corrected chi connectivity index (χ0v) is 11.4. The fourth-order valence-corrected chi connectivity index (χ4v) is 2.37. The standard InChI is InChI=1S/C11H8ClF2N3O2S/c12-11-15-5-9(6-16-11)20(18,19)17-4-7-3-8(13)1-2-10(7)14/h1-3,5-6,17H,4H2. The Bertz CT molecular complexity index is 723. The van der Waals surface area contributed by atoms with Crippen LogP contribution in [0.1, 0.15) is 5.56 Å². The maximum atomic E-state index is 13.4. The van der Waals surface area contributed by atoms with Crippen LogP contribution in [0.2, 0.25) is 5.28 Å². The van der Waals surface area contributed by atoms with E-state index >= 15 is 0 Å². The lowest BCUT2D eigenvalue weighted by Gasteiger charge is -2.07. The predicted molar refractivity (Wildman–Crippen MR) is 67.4 cm³/mol. The lowest BCUT2D eigenvalue weighted by molar-refractivity contribution is 0.566. The van der Waals surface area contributed by atoms with Crippen LogP contribution in [0.3, 0.4) is 0 Å². The zero-order valence-electron chi connectivity index (χ0n) is 9.85. The summed E-state index contributed by atoms with van der Waals surface area (Å²) < 4.78 is 52.2. The van der Waals surface area contributed by atoms with Gasteiger partial charge in [-0.05, 0) is 29.8 Å². The molecule has 0 radical (unpaired) electrons. The Hall–Kier alpha value is -1.64. The Morgan fingerprint density at radius 2 is 1.85 bits per heavy atom. The van der Waals surface area contributed by atoms with E-state index in [1.54, 1.807) is 0 Å². The van der Waals surface area contributed by atoms with Gasteiger partial charge < -0.3 is 0 Å². The van der Waals surface area contributed by atoms with Crippen molar-refractivity contribution in [1.82, 2.24) is 14.7 Å². The topological polar surface area (TPSA) is 72.0 Å². The van der Waals surface area contributed by atoms with Crippen LogP contribution in [0.5, 0.6) is 0 Å². The molecule has 0 amide bonds. The molecule has 0 spiro atoms. The minimum atomic E-state index is -3.93. The second kappa shape index (κ2) is 5.78. The van der Waals surface area contributed by atoms with Gasteiger partial charge in [0.05, 0.1) is 12.4 Å². The zero-order chi connectivity index (χ0) is 14.8. The van der Waals surface area contributed by atoms with E-state index in [0.29, 0.717) is 0 Å². The van der Waals surface area contributed by atoms with E-state index < -0.39 is 28.2 Å². The van der Waals surface area contributed by atoms with Crippen molar-refractivity contribution in [1.29, 1.82) is 0 Å². The summed E-state index contributed by atoms with van der Waals surface area (Å²) in [5, 5.41) is -0.0971. The van der Waals surface area contributed by atoms with E-state index in [1.165, 1.54) is 0 Å². The van der Waals surface area contributed by atoms with Crippen molar-refractivity contribution >= 4 is 21.6 Å². The second-order valence-corrected chi connectivity index (χ2v) is 5.85. The highest BCUT2D eigenvalue weighted by Crippen LogP contribution is 2.12. The molecule has 0 aliphatic carbocycles. The lowest BCUT2D eigenvalue weighted by Crippen LogP contribution is -2.24. The summed E-state index contributed by atoms with van der Waals surface area (Å²) >= 11 is 5.44. The van der Waals surface area contributed by atoms with E-state index in [2.05, 4.69) is 14.7 Å². The average Bonchev–Trinajstić information content (AvgIpc) is 2.40. The first-order valence-electron chi connectivity index (χ1n) is 5.29. The SMILES string of the molecule is O=S(=O)(NCc1cc(F)ccc1F)c1cnc(Cl)nc1. The van der Waals surface area contributed by atoms with Gasteiger partial charge in [0.25, 0.3) is 0 Å². The van der Waals surface area contributed by atoms with Crippen LogP contribution in [0.25, 0.3) is 0 Å². The predicted octanol–water partition coefficient (Wildman–Crippen LogP) is 1.89. The van der Waals surface area contributed by atoms with Crippen LogP contribution in [0.4, 0.5) is 8.78 Å². The van der Waals surface area contributed by atoms with Crippen LogP contribution in [-0.4, -0.2) is 18.4 Å². The summed E-state index contributed by atoms with van der Waals surface area (Å²) in [4.78, 5) is 6.84. The van der Waals surface area contributed by atoms with Gasteiger partial charge in [0.2, 0.25) is 15.3 Å². The van der Waals surface area contributed by atoms with Gasteiger partial charge in [0.1, 0.15) is 16.5 Å². The smallest absolute Gasteiger partial charge is 0.225 e.